The topological polar surface area (TPSA) is 64.8 Å². The largest absolute Gasteiger partial charge is 0.481 e. The molecule has 2 rings (SSSR count). The summed E-state index contributed by atoms with van der Waals surface area (Å²) in [5.41, 5.74) is 9.41. The molecule has 2 N–H and O–H groups in total. The minimum absolute atomic E-state index is 0. The number of benzene rings is 1. The van der Waals surface area contributed by atoms with E-state index in [1.807, 2.05) is 13.8 Å². The average Bonchev–Trinajstić information content (AvgIpc) is 2.75. The number of carbonyl (C=O) groups is 1. The van der Waals surface area contributed by atoms with E-state index in [2.05, 4.69) is 28.7 Å². The zero-order chi connectivity index (χ0) is 16.3. The highest BCUT2D eigenvalue weighted by molar-refractivity contribution is 5.85. The predicted molar refractivity (Wildman–Crippen MR) is 93.1 cm³/mol. The molecule has 1 aliphatic rings. The van der Waals surface area contributed by atoms with Crippen LogP contribution in [0.3, 0.4) is 0 Å². The molecule has 0 saturated carbocycles. The summed E-state index contributed by atoms with van der Waals surface area (Å²) in [4.78, 5) is 13.6. The summed E-state index contributed by atoms with van der Waals surface area (Å²) in [5.74, 6) is 0.938. The first-order valence-electron chi connectivity index (χ1n) is 7.68. The van der Waals surface area contributed by atoms with Crippen LogP contribution in [-0.4, -0.2) is 43.7 Å². The van der Waals surface area contributed by atoms with Gasteiger partial charge in [0.25, 0.3) is 0 Å². The summed E-state index contributed by atoms with van der Waals surface area (Å²) >= 11 is 0. The van der Waals surface area contributed by atoms with Crippen LogP contribution in [0, 0.1) is 19.8 Å². The van der Waals surface area contributed by atoms with Crippen molar-refractivity contribution in [2.45, 2.75) is 33.4 Å². The van der Waals surface area contributed by atoms with Crippen molar-refractivity contribution < 1.29 is 14.3 Å². The Balaban J connectivity index is 0.00000264. The van der Waals surface area contributed by atoms with Crippen molar-refractivity contribution in [3.8, 4) is 5.75 Å². The van der Waals surface area contributed by atoms with Crippen LogP contribution in [0.25, 0.3) is 0 Å². The summed E-state index contributed by atoms with van der Waals surface area (Å²) in [6.07, 6.45) is 0. The fraction of sp³-hybridized carbons (Fsp3) is 0.588. The van der Waals surface area contributed by atoms with Gasteiger partial charge in [0, 0.05) is 25.7 Å². The molecule has 130 valence electrons. The molecular formula is C17H27ClN2O3. The van der Waals surface area contributed by atoms with Crippen LogP contribution in [0.4, 0.5) is 0 Å². The van der Waals surface area contributed by atoms with Crippen LogP contribution < -0.4 is 10.5 Å². The highest BCUT2D eigenvalue weighted by Crippen LogP contribution is 2.26. The first kappa shape index (κ1) is 19.7. The van der Waals surface area contributed by atoms with E-state index >= 15 is 0 Å². The van der Waals surface area contributed by atoms with E-state index in [0.717, 1.165) is 36.5 Å². The molecule has 6 heteroatoms. The quantitative estimate of drug-likeness (QED) is 0.830. The fourth-order valence-electron chi connectivity index (χ4n) is 3.03. The summed E-state index contributed by atoms with van der Waals surface area (Å²) in [6.45, 7) is 9.03. The molecule has 1 aromatic rings. The van der Waals surface area contributed by atoms with Crippen molar-refractivity contribution in [2.75, 3.05) is 26.8 Å². The lowest BCUT2D eigenvalue weighted by atomic mass is 10.1. The molecule has 0 aliphatic carbocycles. The second-order valence-electron chi connectivity index (χ2n) is 6.26. The molecule has 0 bridgehead atoms. The lowest BCUT2D eigenvalue weighted by Crippen LogP contribution is -2.28. The summed E-state index contributed by atoms with van der Waals surface area (Å²) in [7, 11) is 1.36. The SMILES string of the molecule is COC(=O)COc1c(C)cc(CN2CC(C)C(N)C2)cc1C.Cl. The van der Waals surface area contributed by atoms with E-state index in [0.29, 0.717) is 5.92 Å². The molecule has 0 aromatic heterocycles. The van der Waals surface area contributed by atoms with E-state index in [1.54, 1.807) is 0 Å². The molecule has 0 spiro atoms. The predicted octanol–water partition coefficient (Wildman–Crippen LogP) is 2.06. The van der Waals surface area contributed by atoms with Gasteiger partial charge in [-0.05, 0) is 36.5 Å². The number of methoxy groups -OCH3 is 1. The molecule has 0 radical (unpaired) electrons. The number of hydrogen-bond acceptors (Lipinski definition) is 5. The first-order valence-corrected chi connectivity index (χ1v) is 7.68. The van der Waals surface area contributed by atoms with Gasteiger partial charge in [0.2, 0.25) is 0 Å². The number of likely N-dealkylation sites (tertiary alicyclic amines) is 1. The summed E-state index contributed by atoms with van der Waals surface area (Å²) in [5, 5.41) is 0. The lowest BCUT2D eigenvalue weighted by molar-refractivity contribution is -0.142. The van der Waals surface area contributed by atoms with Gasteiger partial charge in [-0.15, -0.1) is 12.4 Å². The molecular weight excluding hydrogens is 316 g/mol. The van der Waals surface area contributed by atoms with Crippen LogP contribution in [-0.2, 0) is 16.1 Å². The molecule has 1 heterocycles. The molecule has 1 fully saturated rings. The number of hydrogen-bond donors (Lipinski definition) is 1. The monoisotopic (exact) mass is 342 g/mol. The smallest absolute Gasteiger partial charge is 0.343 e. The van der Waals surface area contributed by atoms with E-state index in [4.69, 9.17) is 10.5 Å². The third-order valence-corrected chi connectivity index (χ3v) is 4.23. The number of aryl methyl sites for hydroxylation is 2. The van der Waals surface area contributed by atoms with Crippen molar-refractivity contribution in [3.05, 3.63) is 28.8 Å². The maximum Gasteiger partial charge on any atom is 0.343 e. The Kier molecular flexibility index (Phi) is 7.32. The Labute approximate surface area is 144 Å². The molecule has 1 aliphatic heterocycles. The van der Waals surface area contributed by atoms with Crippen LogP contribution >= 0.6 is 12.4 Å². The van der Waals surface area contributed by atoms with Crippen molar-refractivity contribution >= 4 is 18.4 Å². The third kappa shape index (κ3) is 5.09. The number of rotatable bonds is 5. The van der Waals surface area contributed by atoms with Crippen molar-refractivity contribution in [1.82, 2.24) is 4.90 Å². The molecule has 1 aromatic carbocycles. The van der Waals surface area contributed by atoms with E-state index in [-0.39, 0.29) is 31.0 Å². The molecule has 5 nitrogen and oxygen atoms in total. The average molecular weight is 343 g/mol. The first-order chi connectivity index (χ1) is 10.4. The second kappa shape index (κ2) is 8.52. The number of nitrogens with zero attached hydrogens (tertiary/aromatic N) is 1. The van der Waals surface area contributed by atoms with E-state index in [9.17, 15) is 4.79 Å². The van der Waals surface area contributed by atoms with Crippen LogP contribution in [0.2, 0.25) is 0 Å². The van der Waals surface area contributed by atoms with Crippen molar-refractivity contribution in [2.24, 2.45) is 11.7 Å². The van der Waals surface area contributed by atoms with Gasteiger partial charge in [-0.3, -0.25) is 4.90 Å². The van der Waals surface area contributed by atoms with Gasteiger partial charge in [-0.1, -0.05) is 19.1 Å². The molecule has 2 atom stereocenters. The second-order valence-corrected chi connectivity index (χ2v) is 6.26. The maximum atomic E-state index is 11.2. The highest BCUT2D eigenvalue weighted by atomic mass is 35.5. The Bertz CT molecular complexity index is 518. The number of halogens is 1. The highest BCUT2D eigenvalue weighted by Gasteiger charge is 2.26. The number of nitrogens with two attached hydrogens (primary N) is 1. The fourth-order valence-corrected chi connectivity index (χ4v) is 3.03. The Morgan fingerprint density at radius 3 is 2.39 bits per heavy atom. The Hall–Kier alpha value is -1.30. The van der Waals surface area contributed by atoms with Crippen LogP contribution in [0.15, 0.2) is 12.1 Å². The number of carbonyl (C=O) groups excluding carboxylic acids is 1. The van der Waals surface area contributed by atoms with Crippen LogP contribution in [0.5, 0.6) is 5.75 Å². The van der Waals surface area contributed by atoms with Gasteiger partial charge >= 0.3 is 5.97 Å². The van der Waals surface area contributed by atoms with Gasteiger partial charge in [0.1, 0.15) is 5.75 Å². The van der Waals surface area contributed by atoms with Gasteiger partial charge in [0.15, 0.2) is 6.61 Å². The van der Waals surface area contributed by atoms with E-state index in [1.165, 1.54) is 12.7 Å². The summed E-state index contributed by atoms with van der Waals surface area (Å²) in [6, 6.07) is 4.51. The zero-order valence-corrected chi connectivity index (χ0v) is 15.1. The van der Waals surface area contributed by atoms with Crippen molar-refractivity contribution in [1.29, 1.82) is 0 Å². The molecule has 0 amide bonds. The van der Waals surface area contributed by atoms with Gasteiger partial charge in [0.05, 0.1) is 7.11 Å². The minimum atomic E-state index is -0.372. The molecule has 23 heavy (non-hydrogen) atoms. The van der Waals surface area contributed by atoms with E-state index < -0.39 is 0 Å². The van der Waals surface area contributed by atoms with Gasteiger partial charge in [-0.25, -0.2) is 4.79 Å². The minimum Gasteiger partial charge on any atom is -0.481 e. The zero-order valence-electron chi connectivity index (χ0n) is 14.3. The Morgan fingerprint density at radius 1 is 1.30 bits per heavy atom. The van der Waals surface area contributed by atoms with Gasteiger partial charge < -0.3 is 15.2 Å². The maximum absolute atomic E-state index is 11.2. The Morgan fingerprint density at radius 2 is 1.91 bits per heavy atom. The summed E-state index contributed by atoms with van der Waals surface area (Å²) < 4.78 is 10.2. The van der Waals surface area contributed by atoms with Gasteiger partial charge in [-0.2, -0.15) is 0 Å². The standard InChI is InChI=1S/C17H26N2O3.ClH/c1-11-5-14(8-19-7-13(3)15(18)9-19)6-12(2)17(11)22-10-16(20)21-4;/h5-6,13,15H,7-10,18H2,1-4H3;1H. The third-order valence-electron chi connectivity index (χ3n) is 4.23. The van der Waals surface area contributed by atoms with Crippen molar-refractivity contribution in [3.63, 3.8) is 0 Å². The normalized spacial score (nSPS) is 20.9. The lowest BCUT2D eigenvalue weighted by Gasteiger charge is -2.18. The van der Waals surface area contributed by atoms with Crippen LogP contribution in [0.1, 0.15) is 23.6 Å². The number of ether oxygens (including phenoxy) is 2. The molecule has 2 unspecified atom stereocenters. The molecule has 1 saturated heterocycles. The number of esters is 1.